The number of nitro groups is 1. The van der Waals surface area contributed by atoms with E-state index in [2.05, 4.69) is 10.3 Å². The Morgan fingerprint density at radius 1 is 1.14 bits per heavy atom. The number of nitrogens with zero attached hydrogens (tertiary/aromatic N) is 2. The molecule has 1 aromatic heterocycles. The Balaban J connectivity index is 1.65. The number of aryl methyl sites for hydroxylation is 1. The van der Waals surface area contributed by atoms with Gasteiger partial charge in [-0.2, -0.15) is 0 Å². The van der Waals surface area contributed by atoms with E-state index in [-0.39, 0.29) is 11.3 Å². The number of halogens is 1. The fourth-order valence-electron chi connectivity index (χ4n) is 2.89. The summed E-state index contributed by atoms with van der Waals surface area (Å²) in [5, 5.41) is 15.0. The number of hydrogen-bond acceptors (Lipinski definition) is 5. The van der Waals surface area contributed by atoms with Crippen molar-refractivity contribution in [2.24, 2.45) is 0 Å². The number of nitro benzene ring substituents is 1. The molecule has 29 heavy (non-hydrogen) atoms. The summed E-state index contributed by atoms with van der Waals surface area (Å²) in [6.45, 7) is 1.62. The second-order valence-corrected chi connectivity index (χ2v) is 7.83. The van der Waals surface area contributed by atoms with Gasteiger partial charge in [-0.25, -0.2) is 4.98 Å². The first-order valence-electron chi connectivity index (χ1n) is 8.64. The molecule has 4 rings (SSSR count). The van der Waals surface area contributed by atoms with Crippen LogP contribution in [0.5, 0.6) is 0 Å². The molecule has 1 amide bonds. The molecule has 0 saturated carbocycles. The maximum absolute atomic E-state index is 12.6. The van der Waals surface area contributed by atoms with Gasteiger partial charge in [0.25, 0.3) is 11.6 Å². The molecule has 144 valence electrons. The van der Waals surface area contributed by atoms with Crippen LogP contribution in [0.4, 0.5) is 11.4 Å². The van der Waals surface area contributed by atoms with Crippen molar-refractivity contribution in [2.45, 2.75) is 6.92 Å². The van der Waals surface area contributed by atoms with Crippen molar-refractivity contribution in [3.63, 3.8) is 0 Å². The fourth-order valence-corrected chi connectivity index (χ4v) is 4.02. The molecule has 1 N–H and O–H groups in total. The van der Waals surface area contributed by atoms with Crippen molar-refractivity contribution in [2.75, 3.05) is 5.32 Å². The van der Waals surface area contributed by atoms with Crippen molar-refractivity contribution in [3.05, 3.63) is 86.9 Å². The van der Waals surface area contributed by atoms with Crippen LogP contribution in [0.15, 0.2) is 60.7 Å². The molecule has 1 heterocycles. The quantitative estimate of drug-likeness (QED) is 0.318. The summed E-state index contributed by atoms with van der Waals surface area (Å²) < 4.78 is 1.06. The summed E-state index contributed by atoms with van der Waals surface area (Å²) in [6.07, 6.45) is 0. The number of benzene rings is 3. The highest BCUT2D eigenvalue weighted by Gasteiger charge is 2.16. The van der Waals surface area contributed by atoms with Crippen molar-refractivity contribution in [3.8, 4) is 10.6 Å². The topological polar surface area (TPSA) is 85.1 Å². The van der Waals surface area contributed by atoms with Gasteiger partial charge in [-0.3, -0.25) is 14.9 Å². The van der Waals surface area contributed by atoms with Gasteiger partial charge < -0.3 is 5.32 Å². The standard InChI is InChI=1S/C21H14ClN3O3S/c1-12-6-7-13(11-18(12)25(27)28)20(26)23-17-10-14(8-9-15(17)22)21-24-16-4-2-3-5-19(16)29-21/h2-11H,1H3,(H,23,26). The zero-order valence-electron chi connectivity index (χ0n) is 15.2. The Kier molecular flexibility index (Phi) is 5.00. The lowest BCUT2D eigenvalue weighted by molar-refractivity contribution is -0.385. The van der Waals surface area contributed by atoms with E-state index >= 15 is 0 Å². The van der Waals surface area contributed by atoms with Gasteiger partial charge in [0.05, 0.1) is 25.8 Å². The van der Waals surface area contributed by atoms with E-state index in [1.54, 1.807) is 42.5 Å². The number of hydrogen-bond donors (Lipinski definition) is 1. The van der Waals surface area contributed by atoms with Crippen LogP contribution >= 0.6 is 22.9 Å². The number of fused-ring (bicyclic) bond motifs is 1. The van der Waals surface area contributed by atoms with Crippen molar-refractivity contribution in [1.82, 2.24) is 4.98 Å². The lowest BCUT2D eigenvalue weighted by atomic mass is 10.1. The average Bonchev–Trinajstić information content (AvgIpc) is 3.14. The van der Waals surface area contributed by atoms with Gasteiger partial charge in [0.15, 0.2) is 0 Å². The van der Waals surface area contributed by atoms with Crippen LogP contribution in [0.25, 0.3) is 20.8 Å². The number of anilines is 1. The highest BCUT2D eigenvalue weighted by atomic mass is 35.5. The Bertz CT molecular complexity index is 1240. The molecule has 0 aliphatic rings. The number of nitrogens with one attached hydrogen (secondary N) is 1. The molecule has 0 saturated heterocycles. The average molecular weight is 424 g/mol. The number of amides is 1. The van der Waals surface area contributed by atoms with Gasteiger partial charge in [-0.1, -0.05) is 35.9 Å². The molecule has 0 bridgehead atoms. The van der Waals surface area contributed by atoms with E-state index in [9.17, 15) is 14.9 Å². The number of thiazole rings is 1. The summed E-state index contributed by atoms with van der Waals surface area (Å²) in [4.78, 5) is 27.9. The molecule has 0 unspecified atom stereocenters. The van der Waals surface area contributed by atoms with E-state index in [0.29, 0.717) is 16.3 Å². The van der Waals surface area contributed by atoms with Crippen molar-refractivity contribution in [1.29, 1.82) is 0 Å². The molecule has 0 radical (unpaired) electrons. The lowest BCUT2D eigenvalue weighted by Gasteiger charge is -2.09. The molecule has 3 aromatic carbocycles. The van der Waals surface area contributed by atoms with Crippen LogP contribution in [0.2, 0.25) is 5.02 Å². The van der Waals surface area contributed by atoms with E-state index < -0.39 is 10.8 Å². The third-order valence-corrected chi connectivity index (χ3v) is 5.84. The molecular formula is C21H14ClN3O3S. The number of para-hydroxylation sites is 1. The number of carbonyl (C=O) groups excluding carboxylic acids is 1. The molecule has 0 aliphatic carbocycles. The minimum atomic E-state index is -0.507. The molecule has 4 aromatic rings. The second kappa shape index (κ2) is 7.62. The van der Waals surface area contributed by atoms with Gasteiger partial charge in [0.1, 0.15) is 5.01 Å². The summed E-state index contributed by atoms with van der Waals surface area (Å²) in [5.74, 6) is -0.476. The predicted octanol–water partition coefficient (Wildman–Crippen LogP) is 6.09. The smallest absolute Gasteiger partial charge is 0.273 e. The zero-order chi connectivity index (χ0) is 20.5. The van der Waals surface area contributed by atoms with Crippen LogP contribution in [0.3, 0.4) is 0 Å². The molecule has 0 aliphatic heterocycles. The summed E-state index contributed by atoms with van der Waals surface area (Å²) in [6, 6.07) is 17.5. The molecule has 0 spiro atoms. The minimum Gasteiger partial charge on any atom is -0.321 e. The van der Waals surface area contributed by atoms with Gasteiger partial charge in [0, 0.05) is 22.8 Å². The first-order chi connectivity index (χ1) is 13.9. The first-order valence-corrected chi connectivity index (χ1v) is 9.84. The van der Waals surface area contributed by atoms with Gasteiger partial charge in [-0.15, -0.1) is 11.3 Å². The van der Waals surface area contributed by atoms with E-state index in [1.165, 1.54) is 6.07 Å². The van der Waals surface area contributed by atoms with Crippen LogP contribution in [-0.4, -0.2) is 15.8 Å². The number of rotatable bonds is 4. The van der Waals surface area contributed by atoms with Gasteiger partial charge >= 0.3 is 0 Å². The fraction of sp³-hybridized carbons (Fsp3) is 0.0476. The van der Waals surface area contributed by atoms with Crippen LogP contribution < -0.4 is 5.32 Å². The highest BCUT2D eigenvalue weighted by molar-refractivity contribution is 7.21. The highest BCUT2D eigenvalue weighted by Crippen LogP contribution is 2.34. The minimum absolute atomic E-state index is 0.105. The normalized spacial score (nSPS) is 10.8. The third kappa shape index (κ3) is 3.83. The van der Waals surface area contributed by atoms with Crippen molar-refractivity contribution < 1.29 is 9.72 Å². The second-order valence-electron chi connectivity index (χ2n) is 6.39. The first kappa shape index (κ1) is 19.0. The van der Waals surface area contributed by atoms with Crippen LogP contribution in [-0.2, 0) is 0 Å². The van der Waals surface area contributed by atoms with Crippen LogP contribution in [0, 0.1) is 17.0 Å². The monoisotopic (exact) mass is 423 g/mol. The Morgan fingerprint density at radius 2 is 1.93 bits per heavy atom. The molecule has 0 fully saturated rings. The number of carbonyl (C=O) groups is 1. The van der Waals surface area contributed by atoms with Gasteiger partial charge in [0.2, 0.25) is 0 Å². The number of aromatic nitrogens is 1. The molecule has 8 heteroatoms. The largest absolute Gasteiger partial charge is 0.321 e. The predicted molar refractivity (Wildman–Crippen MR) is 116 cm³/mol. The van der Waals surface area contributed by atoms with Gasteiger partial charge in [-0.05, 0) is 37.3 Å². The van der Waals surface area contributed by atoms with Crippen LogP contribution in [0.1, 0.15) is 15.9 Å². The Morgan fingerprint density at radius 3 is 2.69 bits per heavy atom. The zero-order valence-corrected chi connectivity index (χ0v) is 16.8. The summed E-state index contributed by atoms with van der Waals surface area (Å²) >= 11 is 7.81. The summed E-state index contributed by atoms with van der Waals surface area (Å²) in [5.41, 5.74) is 2.70. The molecular weight excluding hydrogens is 410 g/mol. The summed E-state index contributed by atoms with van der Waals surface area (Å²) in [7, 11) is 0. The molecule has 0 atom stereocenters. The maximum atomic E-state index is 12.6. The lowest BCUT2D eigenvalue weighted by Crippen LogP contribution is -2.12. The third-order valence-electron chi connectivity index (χ3n) is 4.42. The van der Waals surface area contributed by atoms with E-state index in [4.69, 9.17) is 11.6 Å². The van der Waals surface area contributed by atoms with Crippen molar-refractivity contribution >= 4 is 50.4 Å². The van der Waals surface area contributed by atoms with E-state index in [0.717, 1.165) is 20.8 Å². The maximum Gasteiger partial charge on any atom is 0.273 e. The van der Waals surface area contributed by atoms with E-state index in [1.807, 2.05) is 30.3 Å². The SMILES string of the molecule is Cc1ccc(C(=O)Nc2cc(-c3nc4ccccc4s3)ccc2Cl)cc1[N+](=O)[O-]. The molecule has 6 nitrogen and oxygen atoms in total. The Hall–Kier alpha value is -3.29. The Labute approximate surface area is 174 Å².